The van der Waals surface area contributed by atoms with Gasteiger partial charge in [0.2, 0.25) is 5.91 Å². The second kappa shape index (κ2) is 10.1. The lowest BCUT2D eigenvalue weighted by molar-refractivity contribution is -0.128. The van der Waals surface area contributed by atoms with Crippen LogP contribution in [-0.2, 0) is 17.6 Å². The number of aryl methyl sites for hydroxylation is 1. The number of rotatable bonds is 7. The molecule has 2 aromatic carbocycles. The highest BCUT2D eigenvalue weighted by molar-refractivity contribution is 5.94. The van der Waals surface area contributed by atoms with Gasteiger partial charge in [0, 0.05) is 31.5 Å². The van der Waals surface area contributed by atoms with Gasteiger partial charge in [0.05, 0.1) is 13.1 Å². The summed E-state index contributed by atoms with van der Waals surface area (Å²) in [5.74, 6) is 0.499. The van der Waals surface area contributed by atoms with Crippen molar-refractivity contribution < 1.29 is 19.4 Å². The third-order valence-corrected chi connectivity index (χ3v) is 6.24. The highest BCUT2D eigenvalue weighted by Crippen LogP contribution is 2.21. The Balaban J connectivity index is 1.21. The Morgan fingerprint density at radius 1 is 1.12 bits per heavy atom. The standard InChI is InChI=1S/C25H31N3O4/c1-17(29)28-13-12-23(16-28)32-22-10-7-19(8-11-22)25(31)26-15-24(30)27-21-9-6-18-4-2-3-5-20(18)14-21/h2-5,7-8,10-11,21,23-24,27,30H,6,9,12-16H2,1H3,(H,26,31). The lowest BCUT2D eigenvalue weighted by atomic mass is 9.88. The first-order valence-corrected chi connectivity index (χ1v) is 11.3. The van der Waals surface area contributed by atoms with E-state index in [-0.39, 0.29) is 30.5 Å². The highest BCUT2D eigenvalue weighted by Gasteiger charge is 2.25. The molecule has 2 amide bonds. The Labute approximate surface area is 188 Å². The van der Waals surface area contributed by atoms with Crippen LogP contribution in [0.5, 0.6) is 5.75 Å². The Hall–Kier alpha value is -2.90. The number of ether oxygens (including phenoxy) is 1. The predicted octanol–water partition coefficient (Wildman–Crippen LogP) is 1.88. The van der Waals surface area contributed by atoms with E-state index in [4.69, 9.17) is 4.74 Å². The van der Waals surface area contributed by atoms with Crippen molar-refractivity contribution in [3.05, 3.63) is 65.2 Å². The molecule has 2 aromatic rings. The molecular formula is C25H31N3O4. The zero-order chi connectivity index (χ0) is 22.5. The fourth-order valence-electron chi connectivity index (χ4n) is 4.45. The number of carbonyl (C=O) groups is 2. The fourth-order valence-corrected chi connectivity index (χ4v) is 4.45. The number of likely N-dealkylation sites (tertiary alicyclic amines) is 1. The molecule has 1 heterocycles. The summed E-state index contributed by atoms with van der Waals surface area (Å²) in [6, 6.07) is 15.5. The summed E-state index contributed by atoms with van der Waals surface area (Å²) >= 11 is 0. The van der Waals surface area contributed by atoms with Crippen LogP contribution < -0.4 is 15.4 Å². The lowest BCUT2D eigenvalue weighted by Crippen LogP contribution is -2.47. The molecule has 4 rings (SSSR count). The SMILES string of the molecule is CC(=O)N1CCC(Oc2ccc(C(=O)NCC(O)NC3CCc4ccccc4C3)cc2)C1. The first kappa shape index (κ1) is 22.3. The van der Waals surface area contributed by atoms with Gasteiger partial charge in [0.1, 0.15) is 18.1 Å². The van der Waals surface area contributed by atoms with E-state index in [9.17, 15) is 14.7 Å². The van der Waals surface area contributed by atoms with Crippen LogP contribution in [-0.4, -0.2) is 59.8 Å². The molecule has 1 fully saturated rings. The molecule has 7 heteroatoms. The van der Waals surface area contributed by atoms with Gasteiger partial charge in [-0.1, -0.05) is 24.3 Å². The van der Waals surface area contributed by atoms with Crippen LogP contribution >= 0.6 is 0 Å². The molecule has 1 saturated heterocycles. The normalized spacial score (nSPS) is 21.0. The van der Waals surface area contributed by atoms with E-state index in [2.05, 4.69) is 28.8 Å². The largest absolute Gasteiger partial charge is 0.489 e. The number of nitrogens with one attached hydrogen (secondary N) is 2. The summed E-state index contributed by atoms with van der Waals surface area (Å²) in [7, 11) is 0. The van der Waals surface area contributed by atoms with Gasteiger partial charge in [-0.2, -0.15) is 0 Å². The highest BCUT2D eigenvalue weighted by atomic mass is 16.5. The van der Waals surface area contributed by atoms with Crippen LogP contribution in [0.1, 0.15) is 41.3 Å². The molecule has 1 aliphatic heterocycles. The Morgan fingerprint density at radius 3 is 2.59 bits per heavy atom. The van der Waals surface area contributed by atoms with Crippen molar-refractivity contribution in [1.82, 2.24) is 15.5 Å². The number of hydrogen-bond donors (Lipinski definition) is 3. The molecule has 170 valence electrons. The van der Waals surface area contributed by atoms with Crippen LogP contribution in [0.25, 0.3) is 0 Å². The molecule has 0 saturated carbocycles. The molecule has 32 heavy (non-hydrogen) atoms. The van der Waals surface area contributed by atoms with E-state index in [0.717, 1.165) is 25.7 Å². The van der Waals surface area contributed by atoms with Gasteiger partial charge in [-0.25, -0.2) is 0 Å². The number of hydrogen-bond acceptors (Lipinski definition) is 5. The predicted molar refractivity (Wildman–Crippen MR) is 121 cm³/mol. The Morgan fingerprint density at radius 2 is 1.88 bits per heavy atom. The van der Waals surface area contributed by atoms with E-state index in [0.29, 0.717) is 24.4 Å². The van der Waals surface area contributed by atoms with Crippen molar-refractivity contribution in [3.8, 4) is 5.75 Å². The second-order valence-electron chi connectivity index (χ2n) is 8.62. The van der Waals surface area contributed by atoms with Crippen LogP contribution in [0.2, 0.25) is 0 Å². The third-order valence-electron chi connectivity index (χ3n) is 6.24. The van der Waals surface area contributed by atoms with Gasteiger partial charge >= 0.3 is 0 Å². The smallest absolute Gasteiger partial charge is 0.251 e. The first-order valence-electron chi connectivity index (χ1n) is 11.3. The number of carbonyl (C=O) groups excluding carboxylic acids is 2. The molecule has 0 radical (unpaired) electrons. The number of aliphatic hydroxyl groups is 1. The maximum atomic E-state index is 12.4. The maximum absolute atomic E-state index is 12.4. The second-order valence-corrected chi connectivity index (χ2v) is 8.62. The molecule has 0 aromatic heterocycles. The number of fused-ring (bicyclic) bond motifs is 1. The summed E-state index contributed by atoms with van der Waals surface area (Å²) in [4.78, 5) is 25.7. The third kappa shape index (κ3) is 5.66. The monoisotopic (exact) mass is 437 g/mol. The lowest BCUT2D eigenvalue weighted by Gasteiger charge is -2.28. The number of aliphatic hydroxyl groups excluding tert-OH is 1. The van der Waals surface area contributed by atoms with Gasteiger partial charge < -0.3 is 20.1 Å². The minimum absolute atomic E-state index is 0.0217. The number of amides is 2. The van der Waals surface area contributed by atoms with Crippen molar-refractivity contribution in [3.63, 3.8) is 0 Å². The van der Waals surface area contributed by atoms with Crippen molar-refractivity contribution >= 4 is 11.8 Å². The van der Waals surface area contributed by atoms with Gasteiger partial charge in [-0.15, -0.1) is 0 Å². The zero-order valence-electron chi connectivity index (χ0n) is 18.4. The van der Waals surface area contributed by atoms with E-state index in [1.807, 2.05) is 6.07 Å². The molecular weight excluding hydrogens is 406 g/mol. The number of benzene rings is 2. The number of nitrogens with zero attached hydrogens (tertiary/aromatic N) is 1. The average Bonchev–Trinajstić information content (AvgIpc) is 3.27. The molecule has 0 bridgehead atoms. The Kier molecular flexibility index (Phi) is 7.07. The molecule has 3 atom stereocenters. The van der Waals surface area contributed by atoms with Gasteiger partial charge in [-0.3, -0.25) is 14.9 Å². The summed E-state index contributed by atoms with van der Waals surface area (Å²) < 4.78 is 5.92. The van der Waals surface area contributed by atoms with E-state index < -0.39 is 6.23 Å². The van der Waals surface area contributed by atoms with E-state index >= 15 is 0 Å². The molecule has 7 nitrogen and oxygen atoms in total. The zero-order valence-corrected chi connectivity index (χ0v) is 18.4. The summed E-state index contributed by atoms with van der Waals surface area (Å²) in [5, 5.41) is 16.3. The van der Waals surface area contributed by atoms with E-state index in [1.165, 1.54) is 11.1 Å². The van der Waals surface area contributed by atoms with Crippen molar-refractivity contribution in [2.24, 2.45) is 0 Å². The van der Waals surface area contributed by atoms with Crippen LogP contribution in [0.15, 0.2) is 48.5 Å². The van der Waals surface area contributed by atoms with Crippen molar-refractivity contribution in [1.29, 1.82) is 0 Å². The molecule has 1 aliphatic carbocycles. The minimum Gasteiger partial charge on any atom is -0.489 e. The van der Waals surface area contributed by atoms with Crippen LogP contribution in [0.3, 0.4) is 0 Å². The van der Waals surface area contributed by atoms with Crippen molar-refractivity contribution in [2.75, 3.05) is 19.6 Å². The molecule has 2 aliphatic rings. The quantitative estimate of drug-likeness (QED) is 0.576. The summed E-state index contributed by atoms with van der Waals surface area (Å²) in [6.07, 6.45) is 2.83. The van der Waals surface area contributed by atoms with Crippen LogP contribution in [0.4, 0.5) is 0 Å². The first-order chi connectivity index (χ1) is 15.5. The summed E-state index contributed by atoms with van der Waals surface area (Å²) in [5.41, 5.74) is 3.21. The van der Waals surface area contributed by atoms with Crippen LogP contribution in [0, 0.1) is 0 Å². The van der Waals surface area contributed by atoms with E-state index in [1.54, 1.807) is 36.1 Å². The topological polar surface area (TPSA) is 90.9 Å². The summed E-state index contributed by atoms with van der Waals surface area (Å²) in [6.45, 7) is 3.01. The van der Waals surface area contributed by atoms with Gasteiger partial charge in [-0.05, 0) is 54.7 Å². The van der Waals surface area contributed by atoms with Gasteiger partial charge in [0.15, 0.2) is 0 Å². The maximum Gasteiger partial charge on any atom is 0.251 e. The average molecular weight is 438 g/mol. The fraction of sp³-hybridized carbons (Fsp3) is 0.440. The Bertz CT molecular complexity index is 946. The molecule has 0 spiro atoms. The van der Waals surface area contributed by atoms with Gasteiger partial charge in [0.25, 0.3) is 5.91 Å². The molecule has 3 N–H and O–H groups in total. The molecule has 3 unspecified atom stereocenters. The van der Waals surface area contributed by atoms with Crippen molar-refractivity contribution in [2.45, 2.75) is 51.0 Å². The minimum atomic E-state index is -0.802.